The van der Waals surface area contributed by atoms with Gasteiger partial charge >= 0.3 is 0 Å². The Morgan fingerprint density at radius 3 is 3.00 bits per heavy atom. The summed E-state index contributed by atoms with van der Waals surface area (Å²) in [6.45, 7) is 2.29. The highest BCUT2D eigenvalue weighted by molar-refractivity contribution is 5.76. The van der Waals surface area contributed by atoms with Gasteiger partial charge in [0.15, 0.2) is 5.82 Å². The van der Waals surface area contributed by atoms with Crippen LogP contribution in [-0.2, 0) is 13.0 Å². The molecule has 0 spiro atoms. The first-order chi connectivity index (χ1) is 9.78. The molecule has 6 heteroatoms. The minimum Gasteiger partial charge on any atom is -0.337 e. The predicted molar refractivity (Wildman–Crippen MR) is 73.4 cm³/mol. The maximum atomic E-state index is 12.3. The van der Waals surface area contributed by atoms with E-state index in [-0.39, 0.29) is 12.1 Å². The minimum absolute atomic E-state index is 0.106. The normalized spacial score (nSPS) is 11.1. The monoisotopic (exact) mass is 270 g/mol. The molecule has 6 nitrogen and oxygen atoms in total. The van der Waals surface area contributed by atoms with Gasteiger partial charge in [-0.25, -0.2) is 4.98 Å². The van der Waals surface area contributed by atoms with Gasteiger partial charge in [-0.3, -0.25) is 9.36 Å². The summed E-state index contributed by atoms with van der Waals surface area (Å²) in [4.78, 5) is 20.8. The molecule has 0 radical (unpaired) electrons. The molecule has 0 atom stereocenters. The lowest BCUT2D eigenvalue weighted by atomic mass is 10.2. The molecule has 0 aliphatic carbocycles. The molecular formula is C14H14N4O2. The lowest BCUT2D eigenvalue weighted by molar-refractivity contribution is 0.364. The van der Waals surface area contributed by atoms with Gasteiger partial charge in [-0.15, -0.1) is 0 Å². The molecule has 102 valence electrons. The summed E-state index contributed by atoms with van der Waals surface area (Å²) in [5, 5.41) is 4.46. The van der Waals surface area contributed by atoms with Crippen molar-refractivity contribution < 1.29 is 4.52 Å². The van der Waals surface area contributed by atoms with Crippen molar-refractivity contribution in [3.63, 3.8) is 0 Å². The second-order valence-corrected chi connectivity index (χ2v) is 4.55. The molecule has 3 aromatic rings. The lowest BCUT2D eigenvalue weighted by Crippen LogP contribution is -2.21. The highest BCUT2D eigenvalue weighted by atomic mass is 16.5. The van der Waals surface area contributed by atoms with Crippen LogP contribution in [-0.4, -0.2) is 19.7 Å². The van der Waals surface area contributed by atoms with E-state index in [0.29, 0.717) is 22.6 Å². The highest BCUT2D eigenvalue weighted by Gasteiger charge is 2.09. The van der Waals surface area contributed by atoms with Crippen LogP contribution >= 0.6 is 0 Å². The maximum Gasteiger partial charge on any atom is 0.261 e. The van der Waals surface area contributed by atoms with Crippen molar-refractivity contribution in [1.29, 1.82) is 0 Å². The molecule has 20 heavy (non-hydrogen) atoms. The van der Waals surface area contributed by atoms with E-state index in [9.17, 15) is 4.79 Å². The van der Waals surface area contributed by atoms with E-state index >= 15 is 0 Å². The van der Waals surface area contributed by atoms with Gasteiger partial charge in [0.1, 0.15) is 6.54 Å². The van der Waals surface area contributed by atoms with Gasteiger partial charge in [-0.05, 0) is 18.6 Å². The summed E-state index contributed by atoms with van der Waals surface area (Å²) in [6.07, 6.45) is 3.24. The first-order valence-corrected chi connectivity index (χ1v) is 6.53. The Kier molecular flexibility index (Phi) is 3.28. The molecular weight excluding hydrogens is 256 g/mol. The Bertz CT molecular complexity index is 791. The van der Waals surface area contributed by atoms with Crippen molar-refractivity contribution in [2.45, 2.75) is 26.3 Å². The number of para-hydroxylation sites is 1. The van der Waals surface area contributed by atoms with Gasteiger partial charge in [0.05, 0.1) is 17.2 Å². The Hall–Kier alpha value is -2.50. The van der Waals surface area contributed by atoms with Gasteiger partial charge in [-0.1, -0.05) is 24.2 Å². The van der Waals surface area contributed by atoms with Crippen LogP contribution in [0.5, 0.6) is 0 Å². The first-order valence-electron chi connectivity index (χ1n) is 6.53. The fourth-order valence-electron chi connectivity index (χ4n) is 2.04. The van der Waals surface area contributed by atoms with Gasteiger partial charge in [0.2, 0.25) is 5.89 Å². The molecule has 0 N–H and O–H groups in total. The van der Waals surface area contributed by atoms with E-state index in [2.05, 4.69) is 15.1 Å². The van der Waals surface area contributed by atoms with Crippen LogP contribution < -0.4 is 5.56 Å². The Morgan fingerprint density at radius 2 is 2.15 bits per heavy atom. The number of fused-ring (bicyclic) bond motifs is 1. The van der Waals surface area contributed by atoms with Crippen LogP contribution in [0.25, 0.3) is 10.9 Å². The smallest absolute Gasteiger partial charge is 0.261 e. The summed E-state index contributed by atoms with van der Waals surface area (Å²) in [6, 6.07) is 7.25. The molecule has 0 amide bonds. The largest absolute Gasteiger partial charge is 0.337 e. The van der Waals surface area contributed by atoms with Gasteiger partial charge < -0.3 is 4.52 Å². The summed E-state index contributed by atoms with van der Waals surface area (Å²) >= 11 is 0. The van der Waals surface area contributed by atoms with E-state index in [1.54, 1.807) is 6.07 Å². The third-order valence-corrected chi connectivity index (χ3v) is 3.02. The number of nitrogens with zero attached hydrogens (tertiary/aromatic N) is 4. The molecule has 2 heterocycles. The Labute approximate surface area is 115 Å². The minimum atomic E-state index is -0.106. The summed E-state index contributed by atoms with van der Waals surface area (Å²) in [5.74, 6) is 1.09. The third-order valence-electron chi connectivity index (χ3n) is 3.02. The molecule has 0 fully saturated rings. The van der Waals surface area contributed by atoms with Crippen LogP contribution in [0.3, 0.4) is 0 Å². The number of hydrogen-bond donors (Lipinski definition) is 0. The Morgan fingerprint density at radius 1 is 1.30 bits per heavy atom. The number of aryl methyl sites for hydroxylation is 1. The second-order valence-electron chi connectivity index (χ2n) is 4.55. The molecule has 0 unspecified atom stereocenters. The van der Waals surface area contributed by atoms with Gasteiger partial charge in [0.25, 0.3) is 5.56 Å². The van der Waals surface area contributed by atoms with E-state index in [4.69, 9.17) is 4.52 Å². The quantitative estimate of drug-likeness (QED) is 0.722. The van der Waals surface area contributed by atoms with Crippen molar-refractivity contribution in [3.05, 3.63) is 52.7 Å². The zero-order valence-corrected chi connectivity index (χ0v) is 11.1. The molecule has 0 saturated carbocycles. The van der Waals surface area contributed by atoms with Crippen molar-refractivity contribution in [3.8, 4) is 0 Å². The zero-order valence-electron chi connectivity index (χ0n) is 11.1. The number of rotatable bonds is 4. The number of hydrogen-bond acceptors (Lipinski definition) is 5. The maximum absolute atomic E-state index is 12.3. The fraction of sp³-hybridized carbons (Fsp3) is 0.286. The van der Waals surface area contributed by atoms with Crippen LogP contribution in [0.15, 0.2) is 39.9 Å². The SMILES string of the molecule is CCCc1noc(Cn2cnc3ccccc3c2=O)n1. The van der Waals surface area contributed by atoms with Crippen LogP contribution in [0.4, 0.5) is 0 Å². The average Bonchev–Trinajstić information content (AvgIpc) is 2.90. The van der Waals surface area contributed by atoms with Crippen molar-refractivity contribution >= 4 is 10.9 Å². The van der Waals surface area contributed by atoms with Crippen molar-refractivity contribution in [2.24, 2.45) is 0 Å². The molecule has 3 rings (SSSR count). The molecule has 0 aliphatic rings. The topological polar surface area (TPSA) is 73.8 Å². The number of aromatic nitrogens is 4. The summed E-state index contributed by atoms with van der Waals surface area (Å²) in [5.41, 5.74) is 0.580. The van der Waals surface area contributed by atoms with Crippen molar-refractivity contribution in [1.82, 2.24) is 19.7 Å². The average molecular weight is 270 g/mol. The molecule has 0 aliphatic heterocycles. The van der Waals surface area contributed by atoms with E-state index in [1.165, 1.54) is 10.9 Å². The van der Waals surface area contributed by atoms with Crippen LogP contribution in [0, 0.1) is 0 Å². The summed E-state index contributed by atoms with van der Waals surface area (Å²) < 4.78 is 6.62. The molecule has 0 bridgehead atoms. The molecule has 2 aromatic heterocycles. The first kappa shape index (κ1) is 12.5. The van der Waals surface area contributed by atoms with E-state index < -0.39 is 0 Å². The second kappa shape index (κ2) is 5.24. The summed E-state index contributed by atoms with van der Waals surface area (Å²) in [7, 11) is 0. The Balaban J connectivity index is 1.94. The molecule has 1 aromatic carbocycles. The van der Waals surface area contributed by atoms with Crippen LogP contribution in [0.1, 0.15) is 25.1 Å². The third kappa shape index (κ3) is 2.32. The lowest BCUT2D eigenvalue weighted by Gasteiger charge is -2.02. The predicted octanol–water partition coefficient (Wildman–Crippen LogP) is 1.78. The highest BCUT2D eigenvalue weighted by Crippen LogP contribution is 2.06. The van der Waals surface area contributed by atoms with Gasteiger partial charge in [-0.2, -0.15) is 4.98 Å². The molecule has 0 saturated heterocycles. The fourth-order valence-corrected chi connectivity index (χ4v) is 2.04. The van der Waals surface area contributed by atoms with E-state index in [1.807, 2.05) is 25.1 Å². The van der Waals surface area contributed by atoms with E-state index in [0.717, 1.165) is 12.8 Å². The standard InChI is InChI=1S/C14H14N4O2/c1-2-5-12-16-13(20-17-12)8-18-9-15-11-7-4-3-6-10(11)14(18)19/h3-4,6-7,9H,2,5,8H2,1H3. The van der Waals surface area contributed by atoms with Crippen molar-refractivity contribution in [2.75, 3.05) is 0 Å². The number of benzene rings is 1. The van der Waals surface area contributed by atoms with Crippen LogP contribution in [0.2, 0.25) is 0 Å². The zero-order chi connectivity index (χ0) is 13.9. The van der Waals surface area contributed by atoms with Gasteiger partial charge in [0, 0.05) is 6.42 Å².